The minimum atomic E-state index is 0.0596. The Morgan fingerprint density at radius 1 is 1.00 bits per heavy atom. The first-order chi connectivity index (χ1) is 11.2. The zero-order valence-electron chi connectivity index (χ0n) is 15.5. The molecule has 0 aromatic heterocycles. The van der Waals surface area contributed by atoms with Crippen molar-refractivity contribution >= 4 is 5.97 Å². The molecule has 0 radical (unpaired) electrons. The number of carbonyl (C=O) groups is 1. The number of esters is 1. The third kappa shape index (κ3) is 6.85. The van der Waals surface area contributed by atoms with Gasteiger partial charge in [-0.2, -0.15) is 0 Å². The predicted molar refractivity (Wildman–Crippen MR) is 96.3 cm³/mol. The van der Waals surface area contributed by atoms with Crippen molar-refractivity contribution in [2.45, 2.75) is 110 Å². The van der Waals surface area contributed by atoms with Crippen LogP contribution >= 0.6 is 0 Å². The fourth-order valence-corrected chi connectivity index (χ4v) is 4.68. The zero-order chi connectivity index (χ0) is 16.5. The second-order valence-corrected chi connectivity index (χ2v) is 8.21. The standard InChI is InChI=1S/C21H38O2/c1-3-8-18(19-15-13-17(2)14-16-19)9-7-12-21(22)23-20-10-5-4-6-11-20/h17-20H,3-16H2,1-2H3. The van der Waals surface area contributed by atoms with Crippen molar-refractivity contribution in [2.24, 2.45) is 17.8 Å². The first-order valence-electron chi connectivity index (χ1n) is 10.4. The molecule has 0 amide bonds. The van der Waals surface area contributed by atoms with Gasteiger partial charge >= 0.3 is 5.97 Å². The summed E-state index contributed by atoms with van der Waals surface area (Å²) < 4.78 is 5.65. The van der Waals surface area contributed by atoms with E-state index in [-0.39, 0.29) is 12.1 Å². The molecule has 2 rings (SSSR count). The highest BCUT2D eigenvalue weighted by atomic mass is 16.5. The highest BCUT2D eigenvalue weighted by molar-refractivity contribution is 5.69. The fourth-order valence-electron chi connectivity index (χ4n) is 4.68. The molecule has 1 atom stereocenters. The molecular weight excluding hydrogens is 284 g/mol. The monoisotopic (exact) mass is 322 g/mol. The van der Waals surface area contributed by atoms with Crippen molar-refractivity contribution in [1.82, 2.24) is 0 Å². The highest BCUT2D eigenvalue weighted by Gasteiger charge is 2.25. The van der Waals surface area contributed by atoms with Crippen LogP contribution < -0.4 is 0 Å². The van der Waals surface area contributed by atoms with Gasteiger partial charge in [-0.1, -0.05) is 46.0 Å². The van der Waals surface area contributed by atoms with Gasteiger partial charge in [0.25, 0.3) is 0 Å². The molecular formula is C21H38O2. The summed E-state index contributed by atoms with van der Waals surface area (Å²) in [6.45, 7) is 4.70. The largest absolute Gasteiger partial charge is 0.462 e. The molecule has 2 heteroatoms. The highest BCUT2D eigenvalue weighted by Crippen LogP contribution is 2.37. The molecule has 0 heterocycles. The van der Waals surface area contributed by atoms with Gasteiger partial charge in [-0.3, -0.25) is 4.79 Å². The summed E-state index contributed by atoms with van der Waals surface area (Å²) in [4.78, 5) is 12.0. The maximum atomic E-state index is 12.0. The van der Waals surface area contributed by atoms with E-state index in [0.717, 1.165) is 37.0 Å². The van der Waals surface area contributed by atoms with Crippen LogP contribution in [0, 0.1) is 17.8 Å². The van der Waals surface area contributed by atoms with E-state index >= 15 is 0 Å². The van der Waals surface area contributed by atoms with Gasteiger partial charge in [-0.05, 0) is 69.1 Å². The minimum absolute atomic E-state index is 0.0596. The van der Waals surface area contributed by atoms with Crippen molar-refractivity contribution in [1.29, 1.82) is 0 Å². The van der Waals surface area contributed by atoms with Crippen molar-refractivity contribution in [3.8, 4) is 0 Å². The van der Waals surface area contributed by atoms with Crippen molar-refractivity contribution < 1.29 is 9.53 Å². The first-order valence-corrected chi connectivity index (χ1v) is 10.4. The van der Waals surface area contributed by atoms with Crippen molar-refractivity contribution in [2.75, 3.05) is 0 Å². The van der Waals surface area contributed by atoms with Crippen molar-refractivity contribution in [3.63, 3.8) is 0 Å². The van der Waals surface area contributed by atoms with Gasteiger partial charge < -0.3 is 4.74 Å². The van der Waals surface area contributed by atoms with Crippen LogP contribution in [0.15, 0.2) is 0 Å². The molecule has 2 aliphatic carbocycles. The molecule has 2 fully saturated rings. The second kappa shape index (κ2) is 10.4. The molecule has 1 unspecified atom stereocenters. The quantitative estimate of drug-likeness (QED) is 0.492. The van der Waals surface area contributed by atoms with Crippen LogP contribution in [-0.4, -0.2) is 12.1 Å². The van der Waals surface area contributed by atoms with Gasteiger partial charge in [-0.15, -0.1) is 0 Å². The molecule has 0 bridgehead atoms. The summed E-state index contributed by atoms with van der Waals surface area (Å²) in [5.74, 6) is 2.75. The second-order valence-electron chi connectivity index (χ2n) is 8.21. The summed E-state index contributed by atoms with van der Waals surface area (Å²) in [6.07, 6.45) is 17.4. The SMILES string of the molecule is CCCC(CCCC(=O)OC1CCCCC1)C1CCC(C)CC1. The average molecular weight is 323 g/mol. The number of hydrogen-bond donors (Lipinski definition) is 0. The predicted octanol–water partition coefficient (Wildman–Crippen LogP) is 6.28. The number of hydrogen-bond acceptors (Lipinski definition) is 2. The molecule has 23 heavy (non-hydrogen) atoms. The summed E-state index contributed by atoms with van der Waals surface area (Å²) in [5.41, 5.74) is 0. The lowest BCUT2D eigenvalue weighted by Gasteiger charge is -2.33. The molecule has 0 aromatic carbocycles. The van der Waals surface area contributed by atoms with E-state index in [1.807, 2.05) is 0 Å². The zero-order valence-corrected chi connectivity index (χ0v) is 15.5. The Morgan fingerprint density at radius 3 is 2.35 bits per heavy atom. The Labute approximate surface area is 143 Å². The lowest BCUT2D eigenvalue weighted by Crippen LogP contribution is -2.22. The van der Waals surface area contributed by atoms with Crippen LogP contribution in [0.1, 0.15) is 104 Å². The normalized spacial score (nSPS) is 27.6. The van der Waals surface area contributed by atoms with Crippen molar-refractivity contribution in [3.05, 3.63) is 0 Å². The van der Waals surface area contributed by atoms with Gasteiger partial charge in [0.15, 0.2) is 0 Å². The minimum Gasteiger partial charge on any atom is -0.462 e. The van der Waals surface area contributed by atoms with E-state index in [1.165, 1.54) is 64.2 Å². The molecule has 2 aliphatic rings. The van der Waals surface area contributed by atoms with Gasteiger partial charge in [0.1, 0.15) is 6.10 Å². The van der Waals surface area contributed by atoms with Crippen LogP contribution in [0.25, 0.3) is 0 Å². The van der Waals surface area contributed by atoms with E-state index in [1.54, 1.807) is 0 Å². The Kier molecular flexibility index (Phi) is 8.47. The topological polar surface area (TPSA) is 26.3 Å². The maximum absolute atomic E-state index is 12.0. The summed E-state index contributed by atoms with van der Waals surface area (Å²) in [7, 11) is 0. The number of ether oxygens (including phenoxy) is 1. The smallest absolute Gasteiger partial charge is 0.306 e. The van der Waals surface area contributed by atoms with Gasteiger partial charge in [0.05, 0.1) is 0 Å². The molecule has 0 saturated heterocycles. The van der Waals surface area contributed by atoms with E-state index in [4.69, 9.17) is 4.74 Å². The van der Waals surface area contributed by atoms with Crippen LogP contribution in [0.4, 0.5) is 0 Å². The molecule has 0 aliphatic heterocycles. The van der Waals surface area contributed by atoms with Gasteiger partial charge in [-0.25, -0.2) is 0 Å². The summed E-state index contributed by atoms with van der Waals surface area (Å²) in [6, 6.07) is 0. The lowest BCUT2D eigenvalue weighted by atomic mass is 9.73. The van der Waals surface area contributed by atoms with E-state index in [9.17, 15) is 4.79 Å². The third-order valence-corrected chi connectivity index (χ3v) is 6.19. The molecule has 134 valence electrons. The fraction of sp³-hybridized carbons (Fsp3) is 0.952. The average Bonchev–Trinajstić information content (AvgIpc) is 2.56. The lowest BCUT2D eigenvalue weighted by molar-refractivity contribution is -0.150. The van der Waals surface area contributed by atoms with Gasteiger partial charge in [0, 0.05) is 6.42 Å². The van der Waals surface area contributed by atoms with Crippen LogP contribution in [0.5, 0.6) is 0 Å². The summed E-state index contributed by atoms with van der Waals surface area (Å²) in [5, 5.41) is 0. The van der Waals surface area contributed by atoms with Crippen LogP contribution in [0.2, 0.25) is 0 Å². The first kappa shape index (κ1) is 18.8. The van der Waals surface area contributed by atoms with E-state index in [2.05, 4.69) is 13.8 Å². The Balaban J connectivity index is 1.65. The van der Waals surface area contributed by atoms with E-state index in [0.29, 0.717) is 6.42 Å². The number of rotatable bonds is 8. The molecule has 0 aromatic rings. The van der Waals surface area contributed by atoms with Crippen LogP contribution in [-0.2, 0) is 9.53 Å². The molecule has 2 saturated carbocycles. The summed E-state index contributed by atoms with van der Waals surface area (Å²) >= 11 is 0. The molecule has 2 nitrogen and oxygen atoms in total. The van der Waals surface area contributed by atoms with E-state index < -0.39 is 0 Å². The Hall–Kier alpha value is -0.530. The Morgan fingerprint density at radius 2 is 1.70 bits per heavy atom. The molecule has 0 N–H and O–H groups in total. The van der Waals surface area contributed by atoms with Crippen LogP contribution in [0.3, 0.4) is 0 Å². The number of carbonyl (C=O) groups excluding carboxylic acids is 1. The molecule has 0 spiro atoms. The Bertz CT molecular complexity index is 325. The maximum Gasteiger partial charge on any atom is 0.306 e. The third-order valence-electron chi connectivity index (χ3n) is 6.19. The van der Waals surface area contributed by atoms with Gasteiger partial charge in [0.2, 0.25) is 0 Å².